The molecule has 2 heterocycles. The van der Waals surface area contributed by atoms with Crippen molar-refractivity contribution in [1.29, 1.82) is 0 Å². The Morgan fingerprint density at radius 2 is 2.24 bits per heavy atom. The number of anilines is 1. The van der Waals surface area contributed by atoms with Crippen LogP contribution in [0.3, 0.4) is 0 Å². The quantitative estimate of drug-likeness (QED) is 0.873. The number of aromatic nitrogens is 1. The highest BCUT2D eigenvalue weighted by atomic mass is 16.4. The normalized spacial score (nSPS) is 27.5. The van der Waals surface area contributed by atoms with E-state index in [9.17, 15) is 14.7 Å². The first-order chi connectivity index (χ1) is 10.1. The summed E-state index contributed by atoms with van der Waals surface area (Å²) in [4.78, 5) is 29.4. The maximum Gasteiger partial charge on any atom is 0.326 e. The summed E-state index contributed by atoms with van der Waals surface area (Å²) in [6, 6.07) is 0.769. The zero-order valence-electron chi connectivity index (χ0n) is 12.0. The number of aliphatic carboxylic acids is 1. The molecule has 1 saturated heterocycles. The first-order valence-corrected chi connectivity index (χ1v) is 7.29. The van der Waals surface area contributed by atoms with E-state index >= 15 is 0 Å². The molecule has 1 aliphatic carbocycles. The van der Waals surface area contributed by atoms with E-state index in [1.54, 1.807) is 12.4 Å². The molecule has 0 aromatic carbocycles. The number of nitrogens with zero attached hydrogens (tertiary/aromatic N) is 2. The monoisotopic (exact) mass is 289 g/mol. The highest BCUT2D eigenvalue weighted by Gasteiger charge is 2.49. The highest BCUT2D eigenvalue weighted by molar-refractivity contribution is 5.93. The maximum atomic E-state index is 12.4. The minimum Gasteiger partial charge on any atom is -0.480 e. The number of fused-ring (bicyclic) bond motifs is 1. The van der Waals surface area contributed by atoms with E-state index in [0.29, 0.717) is 18.2 Å². The van der Waals surface area contributed by atoms with Gasteiger partial charge in [0.2, 0.25) is 0 Å². The summed E-state index contributed by atoms with van der Waals surface area (Å²) in [5.41, 5.74) is 1.54. The zero-order valence-corrected chi connectivity index (χ0v) is 12.0. The molecule has 0 spiro atoms. The van der Waals surface area contributed by atoms with Crippen LogP contribution in [0, 0.1) is 18.8 Å². The van der Waals surface area contributed by atoms with Gasteiger partial charge in [-0.2, -0.15) is 0 Å². The van der Waals surface area contributed by atoms with Gasteiger partial charge in [0.15, 0.2) is 0 Å². The van der Waals surface area contributed by atoms with E-state index in [-0.39, 0.29) is 11.9 Å². The molecule has 0 radical (unpaired) electrons. The van der Waals surface area contributed by atoms with Gasteiger partial charge in [-0.25, -0.2) is 9.59 Å². The Labute approximate surface area is 123 Å². The van der Waals surface area contributed by atoms with Gasteiger partial charge in [0.25, 0.3) is 0 Å². The minimum absolute atomic E-state index is 0.100. The van der Waals surface area contributed by atoms with Gasteiger partial charge in [0, 0.05) is 12.7 Å². The lowest BCUT2D eigenvalue weighted by Crippen LogP contribution is -2.45. The van der Waals surface area contributed by atoms with Crippen LogP contribution in [0.4, 0.5) is 10.5 Å². The van der Waals surface area contributed by atoms with Gasteiger partial charge < -0.3 is 15.3 Å². The third kappa shape index (κ3) is 2.46. The molecule has 112 valence electrons. The number of hydrogen-bond acceptors (Lipinski definition) is 3. The van der Waals surface area contributed by atoms with Crippen LogP contribution in [0.2, 0.25) is 0 Å². The number of amides is 2. The van der Waals surface area contributed by atoms with Crippen LogP contribution in [-0.2, 0) is 4.79 Å². The second-order valence-corrected chi connectivity index (χ2v) is 5.91. The van der Waals surface area contributed by atoms with Gasteiger partial charge in [-0.05, 0) is 43.2 Å². The molecule has 3 atom stereocenters. The third-order valence-corrected chi connectivity index (χ3v) is 4.68. The van der Waals surface area contributed by atoms with E-state index in [1.807, 2.05) is 13.0 Å². The van der Waals surface area contributed by atoms with Crippen LogP contribution in [0.15, 0.2) is 18.5 Å². The molecular weight excluding hydrogens is 270 g/mol. The van der Waals surface area contributed by atoms with Crippen molar-refractivity contribution in [3.8, 4) is 0 Å². The Morgan fingerprint density at radius 1 is 1.43 bits per heavy atom. The molecular formula is C15H19N3O3. The predicted molar refractivity (Wildman–Crippen MR) is 77.0 cm³/mol. The van der Waals surface area contributed by atoms with Crippen LogP contribution in [0.1, 0.15) is 24.8 Å². The largest absolute Gasteiger partial charge is 0.480 e. The van der Waals surface area contributed by atoms with Crippen LogP contribution in [0.25, 0.3) is 0 Å². The van der Waals surface area contributed by atoms with Crippen LogP contribution in [-0.4, -0.2) is 39.6 Å². The molecule has 0 bridgehead atoms. The number of likely N-dealkylation sites (tertiary alicyclic amines) is 1. The van der Waals surface area contributed by atoms with Gasteiger partial charge in [0.05, 0.1) is 11.9 Å². The first kappa shape index (κ1) is 13.9. The molecule has 1 aromatic rings. The van der Waals surface area contributed by atoms with E-state index < -0.39 is 12.0 Å². The minimum atomic E-state index is -0.901. The standard InChI is InChI=1S/C15H19N3O3/c1-9-5-6-16-7-12(9)17-15(21)18-8-10-3-2-4-11(10)13(18)14(19)20/h5-7,10-11,13H,2-4,8H2,1H3,(H,17,21)(H,19,20). The van der Waals surface area contributed by atoms with Gasteiger partial charge >= 0.3 is 12.0 Å². The summed E-state index contributed by atoms with van der Waals surface area (Å²) in [6.07, 6.45) is 6.23. The molecule has 2 amide bonds. The summed E-state index contributed by atoms with van der Waals surface area (Å²) in [6.45, 7) is 2.41. The van der Waals surface area contributed by atoms with E-state index in [4.69, 9.17) is 0 Å². The lowest BCUT2D eigenvalue weighted by molar-refractivity contribution is -0.142. The Hall–Kier alpha value is -2.11. The summed E-state index contributed by atoms with van der Waals surface area (Å²) in [5.74, 6) is -0.474. The van der Waals surface area contributed by atoms with E-state index in [1.165, 1.54) is 4.90 Å². The average Bonchev–Trinajstić information content (AvgIpc) is 3.00. The van der Waals surface area contributed by atoms with Crippen molar-refractivity contribution in [2.24, 2.45) is 11.8 Å². The number of carbonyl (C=O) groups is 2. The highest BCUT2D eigenvalue weighted by Crippen LogP contribution is 2.42. The number of nitrogens with one attached hydrogen (secondary N) is 1. The molecule has 1 aliphatic heterocycles. The Kier molecular flexibility index (Phi) is 3.53. The van der Waals surface area contributed by atoms with Crippen LogP contribution in [0.5, 0.6) is 0 Å². The number of aryl methyl sites for hydroxylation is 1. The van der Waals surface area contributed by atoms with Crippen molar-refractivity contribution in [1.82, 2.24) is 9.88 Å². The van der Waals surface area contributed by atoms with Gasteiger partial charge in [-0.1, -0.05) is 6.42 Å². The summed E-state index contributed by atoms with van der Waals surface area (Å²) in [5, 5.41) is 12.3. The molecule has 3 rings (SSSR count). The number of pyridine rings is 1. The number of rotatable bonds is 2. The van der Waals surface area contributed by atoms with Crippen molar-refractivity contribution in [3.63, 3.8) is 0 Å². The number of carboxylic acids is 1. The van der Waals surface area contributed by atoms with Crippen molar-refractivity contribution >= 4 is 17.7 Å². The molecule has 21 heavy (non-hydrogen) atoms. The molecule has 6 heteroatoms. The van der Waals surface area contributed by atoms with E-state index in [0.717, 1.165) is 24.8 Å². The fourth-order valence-corrected chi connectivity index (χ4v) is 3.61. The number of hydrogen-bond donors (Lipinski definition) is 2. The molecule has 3 unspecified atom stereocenters. The Morgan fingerprint density at radius 3 is 2.95 bits per heavy atom. The molecule has 1 saturated carbocycles. The SMILES string of the molecule is Cc1ccncc1NC(=O)N1CC2CCCC2C1C(=O)O. The number of carbonyl (C=O) groups excluding carboxylic acids is 1. The van der Waals surface area contributed by atoms with Gasteiger partial charge in [-0.3, -0.25) is 4.98 Å². The molecule has 1 aromatic heterocycles. The van der Waals surface area contributed by atoms with Crippen molar-refractivity contribution in [2.45, 2.75) is 32.2 Å². The zero-order chi connectivity index (χ0) is 15.0. The van der Waals surface area contributed by atoms with Crippen molar-refractivity contribution in [3.05, 3.63) is 24.0 Å². The maximum absolute atomic E-state index is 12.4. The number of urea groups is 1. The lowest BCUT2D eigenvalue weighted by Gasteiger charge is -2.24. The predicted octanol–water partition coefficient (Wildman–Crippen LogP) is 2.11. The molecule has 2 N–H and O–H groups in total. The first-order valence-electron chi connectivity index (χ1n) is 7.29. The fraction of sp³-hybridized carbons (Fsp3) is 0.533. The van der Waals surface area contributed by atoms with Crippen molar-refractivity contribution < 1.29 is 14.7 Å². The van der Waals surface area contributed by atoms with Gasteiger partial charge in [-0.15, -0.1) is 0 Å². The number of carboxylic acid groups (broad SMARTS) is 1. The Bertz CT molecular complexity index is 575. The fourth-order valence-electron chi connectivity index (χ4n) is 3.61. The molecule has 2 aliphatic rings. The average molecular weight is 289 g/mol. The van der Waals surface area contributed by atoms with Crippen LogP contribution >= 0.6 is 0 Å². The Balaban J connectivity index is 1.78. The second-order valence-electron chi connectivity index (χ2n) is 5.91. The smallest absolute Gasteiger partial charge is 0.326 e. The second kappa shape index (κ2) is 5.35. The third-order valence-electron chi connectivity index (χ3n) is 4.68. The lowest BCUT2D eigenvalue weighted by atomic mass is 9.94. The van der Waals surface area contributed by atoms with Crippen molar-refractivity contribution in [2.75, 3.05) is 11.9 Å². The van der Waals surface area contributed by atoms with Gasteiger partial charge in [0.1, 0.15) is 6.04 Å². The summed E-state index contributed by atoms with van der Waals surface area (Å²) in [7, 11) is 0. The topological polar surface area (TPSA) is 82.5 Å². The van der Waals surface area contributed by atoms with E-state index in [2.05, 4.69) is 10.3 Å². The summed E-state index contributed by atoms with van der Waals surface area (Å²) < 4.78 is 0. The summed E-state index contributed by atoms with van der Waals surface area (Å²) >= 11 is 0. The van der Waals surface area contributed by atoms with Crippen LogP contribution < -0.4 is 5.32 Å². The molecule has 6 nitrogen and oxygen atoms in total. The molecule has 2 fully saturated rings.